The van der Waals surface area contributed by atoms with Gasteiger partial charge in [0.05, 0.1) is 0 Å². The van der Waals surface area contributed by atoms with Gasteiger partial charge in [0.1, 0.15) is 5.75 Å². The molecule has 0 aliphatic carbocycles. The van der Waals surface area contributed by atoms with Crippen molar-refractivity contribution in [3.05, 3.63) is 28.8 Å². The summed E-state index contributed by atoms with van der Waals surface area (Å²) in [5.41, 5.74) is 0.751. The van der Waals surface area contributed by atoms with E-state index in [2.05, 4.69) is 5.32 Å². The van der Waals surface area contributed by atoms with Crippen LogP contribution in [-0.4, -0.2) is 24.9 Å². The number of aromatic hydroxyl groups is 1. The standard InChI is InChI=1S/C12H18ClNO2/c1-2-16-8-4-7-14-9-10-11(13)5-3-6-12(10)15/h3,5-6,14-15H,2,4,7-9H2,1H3. The Labute approximate surface area is 101 Å². The van der Waals surface area contributed by atoms with Crippen molar-refractivity contribution in [1.82, 2.24) is 5.32 Å². The first-order chi connectivity index (χ1) is 7.75. The van der Waals surface area contributed by atoms with Gasteiger partial charge >= 0.3 is 0 Å². The molecule has 0 radical (unpaired) electrons. The van der Waals surface area contributed by atoms with E-state index < -0.39 is 0 Å². The molecule has 2 N–H and O–H groups in total. The van der Waals surface area contributed by atoms with Crippen molar-refractivity contribution in [1.29, 1.82) is 0 Å². The van der Waals surface area contributed by atoms with E-state index in [9.17, 15) is 5.11 Å². The molecule has 0 saturated carbocycles. The lowest BCUT2D eigenvalue weighted by Crippen LogP contribution is -2.16. The topological polar surface area (TPSA) is 41.5 Å². The lowest BCUT2D eigenvalue weighted by atomic mass is 10.2. The summed E-state index contributed by atoms with van der Waals surface area (Å²) in [6.45, 7) is 4.93. The van der Waals surface area contributed by atoms with Crippen LogP contribution < -0.4 is 5.32 Å². The summed E-state index contributed by atoms with van der Waals surface area (Å²) >= 11 is 5.97. The van der Waals surface area contributed by atoms with Gasteiger partial charge in [-0.15, -0.1) is 0 Å². The Morgan fingerprint density at radius 2 is 2.25 bits per heavy atom. The molecule has 4 heteroatoms. The van der Waals surface area contributed by atoms with E-state index in [0.717, 1.165) is 31.7 Å². The number of nitrogens with one attached hydrogen (secondary N) is 1. The van der Waals surface area contributed by atoms with Crippen LogP contribution in [-0.2, 0) is 11.3 Å². The van der Waals surface area contributed by atoms with Gasteiger partial charge in [-0.2, -0.15) is 0 Å². The van der Waals surface area contributed by atoms with Crippen LogP contribution in [0, 0.1) is 0 Å². The minimum absolute atomic E-state index is 0.241. The summed E-state index contributed by atoms with van der Waals surface area (Å²) in [6, 6.07) is 5.15. The monoisotopic (exact) mass is 243 g/mol. The number of rotatable bonds is 7. The summed E-state index contributed by atoms with van der Waals surface area (Å²) in [6.07, 6.45) is 0.957. The van der Waals surface area contributed by atoms with E-state index >= 15 is 0 Å². The van der Waals surface area contributed by atoms with Gasteiger partial charge in [0.15, 0.2) is 0 Å². The van der Waals surface area contributed by atoms with Crippen LogP contribution in [0.1, 0.15) is 18.9 Å². The van der Waals surface area contributed by atoms with E-state index in [1.165, 1.54) is 0 Å². The number of hydrogen-bond donors (Lipinski definition) is 2. The van der Waals surface area contributed by atoms with Crippen LogP contribution in [0.4, 0.5) is 0 Å². The zero-order valence-electron chi connectivity index (χ0n) is 9.50. The third kappa shape index (κ3) is 4.39. The predicted octanol–water partition coefficient (Wildman–Crippen LogP) is 2.56. The average Bonchev–Trinajstić information content (AvgIpc) is 2.26. The maximum atomic E-state index is 9.58. The average molecular weight is 244 g/mol. The molecular weight excluding hydrogens is 226 g/mol. The highest BCUT2D eigenvalue weighted by Crippen LogP contribution is 2.24. The van der Waals surface area contributed by atoms with Crippen LogP contribution in [0.25, 0.3) is 0 Å². The fourth-order valence-corrected chi connectivity index (χ4v) is 1.62. The second kappa shape index (κ2) is 7.49. The molecule has 1 aromatic carbocycles. The van der Waals surface area contributed by atoms with E-state index in [4.69, 9.17) is 16.3 Å². The molecule has 0 spiro atoms. The molecule has 0 bridgehead atoms. The van der Waals surface area contributed by atoms with Crippen molar-refractivity contribution >= 4 is 11.6 Å². The van der Waals surface area contributed by atoms with Crippen molar-refractivity contribution in [3.63, 3.8) is 0 Å². The maximum absolute atomic E-state index is 9.58. The maximum Gasteiger partial charge on any atom is 0.121 e. The van der Waals surface area contributed by atoms with Crippen molar-refractivity contribution < 1.29 is 9.84 Å². The van der Waals surface area contributed by atoms with Gasteiger partial charge in [-0.05, 0) is 32.0 Å². The number of hydrogen-bond acceptors (Lipinski definition) is 3. The number of ether oxygens (including phenoxy) is 1. The smallest absolute Gasteiger partial charge is 0.121 e. The molecule has 0 saturated heterocycles. The van der Waals surface area contributed by atoms with Crippen molar-refractivity contribution in [2.24, 2.45) is 0 Å². The third-order valence-corrected chi connectivity index (χ3v) is 2.60. The van der Waals surface area contributed by atoms with Gasteiger partial charge in [-0.3, -0.25) is 0 Å². The quantitative estimate of drug-likeness (QED) is 0.724. The zero-order valence-corrected chi connectivity index (χ0v) is 10.3. The molecule has 0 heterocycles. The summed E-state index contributed by atoms with van der Waals surface area (Å²) in [5.74, 6) is 0.241. The minimum atomic E-state index is 0.241. The summed E-state index contributed by atoms with van der Waals surface area (Å²) in [7, 11) is 0. The van der Waals surface area contributed by atoms with Gasteiger partial charge < -0.3 is 15.2 Å². The van der Waals surface area contributed by atoms with Gasteiger partial charge in [-0.25, -0.2) is 0 Å². The fraction of sp³-hybridized carbons (Fsp3) is 0.500. The Morgan fingerprint density at radius 3 is 2.94 bits per heavy atom. The van der Waals surface area contributed by atoms with E-state index in [-0.39, 0.29) is 5.75 Å². The second-order valence-electron chi connectivity index (χ2n) is 3.46. The number of halogens is 1. The Kier molecular flexibility index (Phi) is 6.23. The first-order valence-electron chi connectivity index (χ1n) is 5.50. The number of benzene rings is 1. The fourth-order valence-electron chi connectivity index (χ4n) is 1.38. The molecule has 16 heavy (non-hydrogen) atoms. The van der Waals surface area contributed by atoms with Gasteiger partial charge in [0.25, 0.3) is 0 Å². The molecule has 0 aromatic heterocycles. The zero-order chi connectivity index (χ0) is 11.8. The van der Waals surface area contributed by atoms with Crippen LogP contribution in [0.2, 0.25) is 5.02 Å². The Morgan fingerprint density at radius 1 is 1.44 bits per heavy atom. The Balaban J connectivity index is 2.26. The van der Waals surface area contributed by atoms with Gasteiger partial charge in [-0.1, -0.05) is 17.7 Å². The molecule has 90 valence electrons. The highest BCUT2D eigenvalue weighted by molar-refractivity contribution is 6.31. The van der Waals surface area contributed by atoms with Crippen LogP contribution >= 0.6 is 11.6 Å². The minimum Gasteiger partial charge on any atom is -0.508 e. The first-order valence-corrected chi connectivity index (χ1v) is 5.88. The highest BCUT2D eigenvalue weighted by Gasteiger charge is 2.04. The third-order valence-electron chi connectivity index (χ3n) is 2.24. The van der Waals surface area contributed by atoms with E-state index in [1.54, 1.807) is 18.2 Å². The molecule has 0 aliphatic rings. The molecule has 0 amide bonds. The lowest BCUT2D eigenvalue weighted by molar-refractivity contribution is 0.144. The Bertz CT molecular complexity index is 298. The number of phenols is 1. The number of phenolic OH excluding ortho intramolecular Hbond substituents is 1. The first kappa shape index (κ1) is 13.3. The molecule has 3 nitrogen and oxygen atoms in total. The molecule has 0 unspecified atom stereocenters. The molecular formula is C12H18ClNO2. The van der Waals surface area contributed by atoms with E-state index in [0.29, 0.717) is 11.6 Å². The second-order valence-corrected chi connectivity index (χ2v) is 3.87. The van der Waals surface area contributed by atoms with Crippen LogP contribution in [0.15, 0.2) is 18.2 Å². The molecule has 0 atom stereocenters. The van der Waals surface area contributed by atoms with Crippen molar-refractivity contribution in [2.45, 2.75) is 19.9 Å². The van der Waals surface area contributed by atoms with Gasteiger partial charge in [0.2, 0.25) is 0 Å². The summed E-state index contributed by atoms with van der Waals surface area (Å²) in [5, 5.41) is 13.4. The molecule has 1 aromatic rings. The Hall–Kier alpha value is -0.770. The lowest BCUT2D eigenvalue weighted by Gasteiger charge is -2.08. The van der Waals surface area contributed by atoms with Crippen LogP contribution in [0.3, 0.4) is 0 Å². The van der Waals surface area contributed by atoms with Crippen LogP contribution in [0.5, 0.6) is 5.75 Å². The van der Waals surface area contributed by atoms with E-state index in [1.807, 2.05) is 6.92 Å². The van der Waals surface area contributed by atoms with Crippen molar-refractivity contribution in [3.8, 4) is 5.75 Å². The summed E-state index contributed by atoms with van der Waals surface area (Å²) in [4.78, 5) is 0. The highest BCUT2D eigenvalue weighted by atomic mass is 35.5. The SMILES string of the molecule is CCOCCCNCc1c(O)cccc1Cl. The molecule has 0 aliphatic heterocycles. The summed E-state index contributed by atoms with van der Waals surface area (Å²) < 4.78 is 5.22. The largest absolute Gasteiger partial charge is 0.508 e. The molecule has 1 rings (SSSR count). The molecule has 0 fully saturated rings. The van der Waals surface area contributed by atoms with Gasteiger partial charge in [0, 0.05) is 30.3 Å². The normalized spacial score (nSPS) is 10.6. The predicted molar refractivity (Wildman–Crippen MR) is 65.9 cm³/mol. The van der Waals surface area contributed by atoms with Crippen molar-refractivity contribution in [2.75, 3.05) is 19.8 Å².